The number of hydrogen-bond acceptors (Lipinski definition) is 5. The van der Waals surface area contributed by atoms with E-state index in [9.17, 15) is 4.79 Å². The van der Waals surface area contributed by atoms with E-state index in [2.05, 4.69) is 15.3 Å². The fraction of sp³-hybridized carbons (Fsp3) is 0.545. The molecule has 94 valence electrons. The van der Waals surface area contributed by atoms with E-state index < -0.39 is 0 Å². The van der Waals surface area contributed by atoms with E-state index in [1.807, 2.05) is 19.9 Å². The van der Waals surface area contributed by atoms with E-state index in [0.717, 1.165) is 17.4 Å². The minimum Gasteiger partial charge on any atom is -0.370 e. The van der Waals surface area contributed by atoms with Crippen molar-refractivity contribution in [3.05, 3.63) is 11.9 Å². The molecule has 0 radical (unpaired) electrons. The summed E-state index contributed by atoms with van der Waals surface area (Å²) >= 11 is 1.43. The first-order valence-corrected chi connectivity index (χ1v) is 6.44. The van der Waals surface area contributed by atoms with Crippen LogP contribution in [0.4, 0.5) is 5.82 Å². The Morgan fingerprint density at radius 2 is 2.18 bits per heavy atom. The van der Waals surface area contributed by atoms with Crippen molar-refractivity contribution in [2.75, 3.05) is 31.7 Å². The van der Waals surface area contributed by atoms with Crippen molar-refractivity contribution in [1.29, 1.82) is 0 Å². The summed E-state index contributed by atoms with van der Waals surface area (Å²) in [4.78, 5) is 21.6. The lowest BCUT2D eigenvalue weighted by Crippen LogP contribution is -2.23. The third-order valence-electron chi connectivity index (χ3n) is 2.01. The van der Waals surface area contributed by atoms with Crippen molar-refractivity contribution in [2.24, 2.45) is 0 Å². The lowest BCUT2D eigenvalue weighted by Gasteiger charge is -2.10. The fourth-order valence-electron chi connectivity index (χ4n) is 1.15. The van der Waals surface area contributed by atoms with E-state index in [1.165, 1.54) is 11.8 Å². The van der Waals surface area contributed by atoms with Gasteiger partial charge in [-0.3, -0.25) is 4.79 Å². The van der Waals surface area contributed by atoms with Crippen molar-refractivity contribution in [3.63, 3.8) is 0 Å². The molecule has 1 heterocycles. The molecule has 0 bridgehead atoms. The molecular weight excluding hydrogens is 236 g/mol. The molecule has 5 nitrogen and oxygen atoms in total. The summed E-state index contributed by atoms with van der Waals surface area (Å²) in [5.41, 5.74) is 0. The number of nitrogens with one attached hydrogen (secondary N) is 1. The van der Waals surface area contributed by atoms with Crippen LogP contribution in [0, 0.1) is 6.92 Å². The number of carbonyl (C=O) groups is 1. The first-order valence-electron chi connectivity index (χ1n) is 5.45. The number of aryl methyl sites for hydroxylation is 1. The number of aromatic nitrogens is 2. The molecular formula is C11H18N4OS. The maximum atomic E-state index is 11.5. The maximum absolute atomic E-state index is 11.5. The zero-order valence-corrected chi connectivity index (χ0v) is 11.5. The fourth-order valence-corrected chi connectivity index (χ4v) is 2.07. The minimum absolute atomic E-state index is 0.0799. The van der Waals surface area contributed by atoms with Crippen LogP contribution in [0.15, 0.2) is 11.1 Å². The Kier molecular flexibility index (Phi) is 5.21. The van der Waals surface area contributed by atoms with Gasteiger partial charge in [-0.25, -0.2) is 9.97 Å². The molecule has 0 saturated heterocycles. The molecule has 0 aliphatic rings. The van der Waals surface area contributed by atoms with Crippen molar-refractivity contribution in [1.82, 2.24) is 14.9 Å². The van der Waals surface area contributed by atoms with Gasteiger partial charge in [-0.1, -0.05) is 11.8 Å². The lowest BCUT2D eigenvalue weighted by atomic mass is 10.5. The monoisotopic (exact) mass is 254 g/mol. The van der Waals surface area contributed by atoms with Gasteiger partial charge in [-0.2, -0.15) is 0 Å². The standard InChI is InChI=1S/C11H18N4OS/c1-5-12-9-6-10(14-8(2)13-9)17-7-11(16)15(3)4/h6H,5,7H2,1-4H3,(H,12,13,14). The van der Waals surface area contributed by atoms with Crippen molar-refractivity contribution >= 4 is 23.5 Å². The van der Waals surface area contributed by atoms with Crippen LogP contribution in [0.5, 0.6) is 0 Å². The molecule has 1 N–H and O–H groups in total. The molecule has 17 heavy (non-hydrogen) atoms. The van der Waals surface area contributed by atoms with Crippen LogP contribution in [0.1, 0.15) is 12.7 Å². The summed E-state index contributed by atoms with van der Waals surface area (Å²) in [6, 6.07) is 1.87. The highest BCUT2D eigenvalue weighted by atomic mass is 32.2. The van der Waals surface area contributed by atoms with Gasteiger partial charge in [0.05, 0.1) is 5.75 Å². The summed E-state index contributed by atoms with van der Waals surface area (Å²) < 4.78 is 0. The Morgan fingerprint density at radius 1 is 1.47 bits per heavy atom. The Bertz CT molecular complexity index is 395. The van der Waals surface area contributed by atoms with Crippen molar-refractivity contribution in [3.8, 4) is 0 Å². The van der Waals surface area contributed by atoms with Crippen LogP contribution in [0.2, 0.25) is 0 Å². The molecule has 0 aliphatic carbocycles. The average molecular weight is 254 g/mol. The van der Waals surface area contributed by atoms with Crippen LogP contribution in [0.25, 0.3) is 0 Å². The molecule has 0 aromatic carbocycles. The van der Waals surface area contributed by atoms with Gasteiger partial charge in [0, 0.05) is 26.7 Å². The first-order chi connectivity index (χ1) is 8.02. The number of carbonyl (C=O) groups excluding carboxylic acids is 1. The highest BCUT2D eigenvalue weighted by Gasteiger charge is 2.07. The maximum Gasteiger partial charge on any atom is 0.232 e. The second-order valence-corrected chi connectivity index (χ2v) is 4.74. The van der Waals surface area contributed by atoms with Crippen molar-refractivity contribution in [2.45, 2.75) is 18.9 Å². The third-order valence-corrected chi connectivity index (χ3v) is 2.91. The van der Waals surface area contributed by atoms with E-state index in [4.69, 9.17) is 0 Å². The predicted octanol–water partition coefficient (Wildman–Crippen LogP) is 1.40. The Labute approximate surface area is 106 Å². The smallest absolute Gasteiger partial charge is 0.232 e. The molecule has 0 aliphatic heterocycles. The summed E-state index contributed by atoms with van der Waals surface area (Å²) in [6.07, 6.45) is 0. The van der Waals surface area contributed by atoms with Crippen molar-refractivity contribution < 1.29 is 4.79 Å². The Hall–Kier alpha value is -1.30. The Balaban J connectivity index is 2.67. The zero-order valence-electron chi connectivity index (χ0n) is 10.6. The van der Waals surface area contributed by atoms with Crippen LogP contribution >= 0.6 is 11.8 Å². The summed E-state index contributed by atoms with van der Waals surface area (Å²) in [7, 11) is 3.50. The van der Waals surface area contributed by atoms with E-state index in [-0.39, 0.29) is 5.91 Å². The highest BCUT2D eigenvalue weighted by Crippen LogP contribution is 2.18. The van der Waals surface area contributed by atoms with E-state index in [0.29, 0.717) is 11.6 Å². The molecule has 0 fully saturated rings. The largest absolute Gasteiger partial charge is 0.370 e. The minimum atomic E-state index is 0.0799. The van der Waals surface area contributed by atoms with Gasteiger partial charge in [0.2, 0.25) is 5.91 Å². The number of nitrogens with zero attached hydrogens (tertiary/aromatic N) is 3. The molecule has 0 saturated carbocycles. The average Bonchev–Trinajstić information content (AvgIpc) is 2.25. The normalized spacial score (nSPS) is 10.1. The van der Waals surface area contributed by atoms with Crippen LogP contribution in [0.3, 0.4) is 0 Å². The van der Waals surface area contributed by atoms with Gasteiger partial charge in [-0.15, -0.1) is 0 Å². The molecule has 0 atom stereocenters. The molecule has 0 spiro atoms. The molecule has 1 aromatic heterocycles. The summed E-state index contributed by atoms with van der Waals surface area (Å²) in [6.45, 7) is 4.68. The van der Waals surface area contributed by atoms with Gasteiger partial charge < -0.3 is 10.2 Å². The number of hydrogen-bond donors (Lipinski definition) is 1. The SMILES string of the molecule is CCNc1cc(SCC(=O)N(C)C)nc(C)n1. The number of rotatable bonds is 5. The highest BCUT2D eigenvalue weighted by molar-refractivity contribution is 7.99. The van der Waals surface area contributed by atoms with Crippen LogP contribution < -0.4 is 5.32 Å². The molecule has 1 aromatic rings. The number of anilines is 1. The summed E-state index contributed by atoms with van der Waals surface area (Å²) in [5, 5.41) is 3.96. The molecule has 6 heteroatoms. The van der Waals surface area contributed by atoms with Crippen LogP contribution in [-0.2, 0) is 4.79 Å². The molecule has 1 rings (SSSR count). The van der Waals surface area contributed by atoms with Gasteiger partial charge in [0.25, 0.3) is 0 Å². The van der Waals surface area contributed by atoms with Gasteiger partial charge >= 0.3 is 0 Å². The summed E-state index contributed by atoms with van der Waals surface area (Å²) in [5.74, 6) is 1.99. The predicted molar refractivity (Wildman–Crippen MR) is 70.4 cm³/mol. The van der Waals surface area contributed by atoms with Gasteiger partial charge in [-0.05, 0) is 13.8 Å². The second kappa shape index (κ2) is 6.44. The lowest BCUT2D eigenvalue weighted by molar-refractivity contribution is -0.125. The molecule has 0 unspecified atom stereocenters. The zero-order chi connectivity index (χ0) is 12.8. The van der Waals surface area contributed by atoms with E-state index in [1.54, 1.807) is 19.0 Å². The molecule has 1 amide bonds. The van der Waals surface area contributed by atoms with Gasteiger partial charge in [0.15, 0.2) is 0 Å². The second-order valence-electron chi connectivity index (χ2n) is 3.75. The third kappa shape index (κ3) is 4.60. The van der Waals surface area contributed by atoms with Crippen LogP contribution in [-0.4, -0.2) is 47.2 Å². The number of amides is 1. The van der Waals surface area contributed by atoms with E-state index >= 15 is 0 Å². The Morgan fingerprint density at radius 3 is 2.76 bits per heavy atom. The topological polar surface area (TPSA) is 58.1 Å². The first kappa shape index (κ1) is 13.8. The quantitative estimate of drug-likeness (QED) is 0.636. The number of thioether (sulfide) groups is 1. The van der Waals surface area contributed by atoms with Gasteiger partial charge in [0.1, 0.15) is 16.7 Å².